The third-order valence-corrected chi connectivity index (χ3v) is 5.45. The zero-order valence-electron chi connectivity index (χ0n) is 19.1. The Hall–Kier alpha value is -4.10. The fraction of sp³-hybridized carbons (Fsp3) is 0.185. The fourth-order valence-electron chi connectivity index (χ4n) is 3.79. The van der Waals surface area contributed by atoms with Gasteiger partial charge in [-0.25, -0.2) is 9.97 Å². The Morgan fingerprint density at radius 3 is 2.53 bits per heavy atom. The molecule has 0 radical (unpaired) electrons. The fourth-order valence-corrected chi connectivity index (χ4v) is 3.79. The molecule has 4 aromatic rings. The van der Waals surface area contributed by atoms with Gasteiger partial charge in [0.2, 0.25) is 11.9 Å². The minimum atomic E-state index is -0.198. The highest BCUT2D eigenvalue weighted by Gasteiger charge is 2.15. The second-order valence-corrected chi connectivity index (χ2v) is 8.10. The molecule has 0 aliphatic heterocycles. The second kappa shape index (κ2) is 11.2. The van der Waals surface area contributed by atoms with Crippen molar-refractivity contribution in [2.24, 2.45) is 5.73 Å². The first-order valence-electron chi connectivity index (χ1n) is 11.2. The predicted molar refractivity (Wildman–Crippen MR) is 135 cm³/mol. The van der Waals surface area contributed by atoms with Gasteiger partial charge in [0, 0.05) is 36.3 Å². The van der Waals surface area contributed by atoms with Crippen LogP contribution in [0.4, 0.5) is 5.95 Å². The molecule has 0 fully saturated rings. The SMILES string of the molecule is Cc1cccc(-c2cnc(NCC(Cc3ccccc3)NC(=O)CN)nc2-c2ccncc2)c1. The summed E-state index contributed by atoms with van der Waals surface area (Å²) in [6.45, 7) is 2.47. The molecule has 4 N–H and O–H groups in total. The summed E-state index contributed by atoms with van der Waals surface area (Å²) in [4.78, 5) is 25.5. The molecular formula is C27H28N6O. The number of aromatic nitrogens is 3. The van der Waals surface area contributed by atoms with Gasteiger partial charge in [0.1, 0.15) is 0 Å². The minimum Gasteiger partial charge on any atom is -0.352 e. The van der Waals surface area contributed by atoms with Crippen molar-refractivity contribution in [1.82, 2.24) is 20.3 Å². The number of anilines is 1. The molecule has 7 heteroatoms. The molecule has 7 nitrogen and oxygen atoms in total. The standard InChI is InChI=1S/C27H28N6O/c1-19-6-5-9-22(14-19)24-18-31-27(33-26(24)21-10-12-29-13-11-21)30-17-23(32-25(34)16-28)15-20-7-3-2-4-8-20/h2-14,18,23H,15-17,28H2,1H3,(H,32,34)(H,30,31,33). The average molecular weight is 453 g/mol. The lowest BCUT2D eigenvalue weighted by atomic mass is 10.00. The van der Waals surface area contributed by atoms with Gasteiger partial charge < -0.3 is 16.4 Å². The number of aryl methyl sites for hydroxylation is 1. The molecule has 0 spiro atoms. The Morgan fingerprint density at radius 2 is 1.79 bits per heavy atom. The van der Waals surface area contributed by atoms with Crippen LogP contribution >= 0.6 is 0 Å². The molecule has 4 rings (SSSR count). The van der Waals surface area contributed by atoms with Gasteiger partial charge in [-0.15, -0.1) is 0 Å². The van der Waals surface area contributed by atoms with Crippen molar-refractivity contribution in [2.75, 3.05) is 18.4 Å². The maximum Gasteiger partial charge on any atom is 0.234 e. The van der Waals surface area contributed by atoms with Gasteiger partial charge in [-0.1, -0.05) is 60.2 Å². The Balaban J connectivity index is 1.60. The van der Waals surface area contributed by atoms with E-state index in [4.69, 9.17) is 10.7 Å². The van der Waals surface area contributed by atoms with E-state index >= 15 is 0 Å². The van der Waals surface area contributed by atoms with Crippen LogP contribution < -0.4 is 16.4 Å². The Labute approximate surface area is 199 Å². The average Bonchev–Trinajstić information content (AvgIpc) is 2.88. The van der Waals surface area contributed by atoms with Crippen LogP contribution in [0.3, 0.4) is 0 Å². The van der Waals surface area contributed by atoms with E-state index in [1.165, 1.54) is 5.56 Å². The molecule has 2 heterocycles. The number of carbonyl (C=O) groups is 1. The quantitative estimate of drug-likeness (QED) is 0.358. The van der Waals surface area contributed by atoms with Crippen LogP contribution in [0, 0.1) is 6.92 Å². The molecule has 172 valence electrons. The first-order chi connectivity index (χ1) is 16.6. The third-order valence-electron chi connectivity index (χ3n) is 5.45. The van der Waals surface area contributed by atoms with Gasteiger partial charge in [0.25, 0.3) is 0 Å². The van der Waals surface area contributed by atoms with E-state index in [0.717, 1.165) is 27.9 Å². The highest BCUT2D eigenvalue weighted by Crippen LogP contribution is 2.31. The number of rotatable bonds is 9. The number of pyridine rings is 1. The van der Waals surface area contributed by atoms with Crippen LogP contribution in [0.25, 0.3) is 22.4 Å². The molecule has 2 aromatic heterocycles. The lowest BCUT2D eigenvalue weighted by Gasteiger charge is -2.20. The molecule has 1 amide bonds. The maximum absolute atomic E-state index is 12.0. The van der Waals surface area contributed by atoms with Gasteiger partial charge >= 0.3 is 0 Å². The number of hydrogen-bond acceptors (Lipinski definition) is 6. The molecular weight excluding hydrogens is 424 g/mol. The summed E-state index contributed by atoms with van der Waals surface area (Å²) in [5, 5.41) is 6.29. The van der Waals surface area contributed by atoms with Crippen molar-refractivity contribution in [3.05, 3.63) is 96.4 Å². The summed E-state index contributed by atoms with van der Waals surface area (Å²) in [7, 11) is 0. The number of nitrogens with zero attached hydrogens (tertiary/aromatic N) is 3. The summed E-state index contributed by atoms with van der Waals surface area (Å²) in [5.41, 5.74) is 11.6. The number of hydrogen-bond donors (Lipinski definition) is 3. The molecule has 0 aliphatic carbocycles. The smallest absolute Gasteiger partial charge is 0.234 e. The summed E-state index contributed by atoms with van der Waals surface area (Å²) < 4.78 is 0. The summed E-state index contributed by atoms with van der Waals surface area (Å²) in [6, 6.07) is 22.0. The summed E-state index contributed by atoms with van der Waals surface area (Å²) >= 11 is 0. The van der Waals surface area contributed by atoms with Crippen molar-refractivity contribution in [3.8, 4) is 22.4 Å². The lowest BCUT2D eigenvalue weighted by molar-refractivity contribution is -0.120. The number of nitrogens with two attached hydrogens (primary N) is 1. The Kier molecular flexibility index (Phi) is 7.57. The van der Waals surface area contributed by atoms with Crippen LogP contribution in [0.1, 0.15) is 11.1 Å². The van der Waals surface area contributed by atoms with Crippen molar-refractivity contribution >= 4 is 11.9 Å². The van der Waals surface area contributed by atoms with E-state index < -0.39 is 0 Å². The Bertz CT molecular complexity index is 1230. The minimum absolute atomic E-state index is 0.0564. The van der Waals surface area contributed by atoms with Gasteiger partial charge in [0.15, 0.2) is 0 Å². The molecule has 1 atom stereocenters. The van der Waals surface area contributed by atoms with Crippen LogP contribution in [0.5, 0.6) is 0 Å². The van der Waals surface area contributed by atoms with E-state index in [2.05, 4.69) is 45.7 Å². The van der Waals surface area contributed by atoms with E-state index in [1.54, 1.807) is 12.4 Å². The van der Waals surface area contributed by atoms with Gasteiger partial charge in [-0.2, -0.15) is 0 Å². The lowest BCUT2D eigenvalue weighted by Crippen LogP contribution is -2.44. The first-order valence-corrected chi connectivity index (χ1v) is 11.2. The first kappa shape index (κ1) is 23.1. The summed E-state index contributed by atoms with van der Waals surface area (Å²) in [5.74, 6) is 0.291. The molecule has 0 saturated carbocycles. The maximum atomic E-state index is 12.0. The van der Waals surface area contributed by atoms with Crippen LogP contribution in [-0.4, -0.2) is 40.0 Å². The largest absolute Gasteiger partial charge is 0.352 e. The van der Waals surface area contributed by atoms with Crippen molar-refractivity contribution < 1.29 is 4.79 Å². The normalized spacial score (nSPS) is 11.6. The Morgan fingerprint density at radius 1 is 1.00 bits per heavy atom. The number of benzene rings is 2. The predicted octanol–water partition coefficient (Wildman–Crippen LogP) is 3.61. The highest BCUT2D eigenvalue weighted by molar-refractivity contribution is 5.81. The number of carbonyl (C=O) groups excluding carboxylic acids is 1. The van der Waals surface area contributed by atoms with Crippen molar-refractivity contribution in [1.29, 1.82) is 0 Å². The third kappa shape index (κ3) is 6.02. The number of amides is 1. The van der Waals surface area contributed by atoms with Crippen LogP contribution in [0.15, 0.2) is 85.3 Å². The molecule has 2 aromatic carbocycles. The monoisotopic (exact) mass is 452 g/mol. The highest BCUT2D eigenvalue weighted by atomic mass is 16.1. The molecule has 1 unspecified atom stereocenters. The van der Waals surface area contributed by atoms with Gasteiger partial charge in [0.05, 0.1) is 18.3 Å². The zero-order chi connectivity index (χ0) is 23.8. The van der Waals surface area contributed by atoms with Crippen LogP contribution in [0.2, 0.25) is 0 Å². The van der Waals surface area contributed by atoms with Gasteiger partial charge in [-0.05, 0) is 36.6 Å². The van der Waals surface area contributed by atoms with E-state index in [0.29, 0.717) is 18.9 Å². The van der Waals surface area contributed by atoms with Gasteiger partial charge in [-0.3, -0.25) is 9.78 Å². The van der Waals surface area contributed by atoms with Crippen molar-refractivity contribution in [2.45, 2.75) is 19.4 Å². The molecule has 0 bridgehead atoms. The molecule has 0 aliphatic rings. The summed E-state index contributed by atoms with van der Waals surface area (Å²) in [6.07, 6.45) is 6.01. The second-order valence-electron chi connectivity index (χ2n) is 8.10. The zero-order valence-corrected chi connectivity index (χ0v) is 19.1. The van der Waals surface area contributed by atoms with E-state index in [9.17, 15) is 4.79 Å². The molecule has 34 heavy (non-hydrogen) atoms. The van der Waals surface area contributed by atoms with E-state index in [1.807, 2.05) is 54.7 Å². The molecule has 0 saturated heterocycles. The topological polar surface area (TPSA) is 106 Å². The van der Waals surface area contributed by atoms with Crippen molar-refractivity contribution in [3.63, 3.8) is 0 Å². The van der Waals surface area contributed by atoms with Crippen LogP contribution in [-0.2, 0) is 11.2 Å². The number of nitrogens with one attached hydrogen (secondary N) is 2. The van der Waals surface area contributed by atoms with E-state index in [-0.39, 0.29) is 18.5 Å².